The number of benzene rings is 3. The van der Waals surface area contributed by atoms with Gasteiger partial charge in [-0.25, -0.2) is 0 Å². The van der Waals surface area contributed by atoms with Crippen LogP contribution in [0.15, 0.2) is 84.9 Å². The monoisotopic (exact) mass is 361 g/mol. The van der Waals surface area contributed by atoms with Crippen LogP contribution < -0.4 is 14.8 Å². The van der Waals surface area contributed by atoms with Crippen LogP contribution in [0.3, 0.4) is 0 Å². The van der Waals surface area contributed by atoms with E-state index in [9.17, 15) is 4.79 Å². The van der Waals surface area contributed by atoms with Crippen LogP contribution >= 0.6 is 0 Å². The SMILES string of the molecule is C[C@@H](Oc1ccccc1)C(=O)Nc1ccc(OCCc2ccccc2)cc1. The first-order chi connectivity index (χ1) is 13.2. The van der Waals surface area contributed by atoms with Crippen molar-refractivity contribution in [1.29, 1.82) is 0 Å². The topological polar surface area (TPSA) is 47.6 Å². The van der Waals surface area contributed by atoms with Gasteiger partial charge >= 0.3 is 0 Å². The van der Waals surface area contributed by atoms with Crippen LogP contribution in [-0.2, 0) is 11.2 Å². The molecule has 138 valence electrons. The third-order valence-electron chi connectivity index (χ3n) is 4.05. The molecule has 1 atom stereocenters. The van der Waals surface area contributed by atoms with Gasteiger partial charge in [0.1, 0.15) is 11.5 Å². The third-order valence-corrected chi connectivity index (χ3v) is 4.05. The van der Waals surface area contributed by atoms with E-state index in [-0.39, 0.29) is 5.91 Å². The Kier molecular flexibility index (Phi) is 6.47. The molecule has 4 heteroatoms. The van der Waals surface area contributed by atoms with E-state index in [0.29, 0.717) is 18.0 Å². The van der Waals surface area contributed by atoms with E-state index in [1.807, 2.05) is 72.8 Å². The van der Waals surface area contributed by atoms with Crippen molar-refractivity contribution < 1.29 is 14.3 Å². The molecule has 0 bridgehead atoms. The summed E-state index contributed by atoms with van der Waals surface area (Å²) in [5.74, 6) is 1.25. The fourth-order valence-corrected chi connectivity index (χ4v) is 2.57. The molecular formula is C23H23NO3. The van der Waals surface area contributed by atoms with E-state index in [1.54, 1.807) is 6.92 Å². The van der Waals surface area contributed by atoms with Crippen LogP contribution in [0.1, 0.15) is 12.5 Å². The molecule has 0 aliphatic rings. The average molecular weight is 361 g/mol. The summed E-state index contributed by atoms with van der Waals surface area (Å²) in [4.78, 5) is 12.3. The van der Waals surface area contributed by atoms with E-state index in [0.717, 1.165) is 12.2 Å². The van der Waals surface area contributed by atoms with Crippen LogP contribution in [0.25, 0.3) is 0 Å². The van der Waals surface area contributed by atoms with E-state index in [2.05, 4.69) is 17.4 Å². The standard InChI is InChI=1S/C23H23NO3/c1-18(27-22-10-6-3-7-11-22)23(25)24-20-12-14-21(15-13-20)26-17-16-19-8-4-2-5-9-19/h2-15,18H,16-17H2,1H3,(H,24,25)/t18-/m1/s1. The van der Waals surface area contributed by atoms with Crippen molar-refractivity contribution >= 4 is 11.6 Å². The van der Waals surface area contributed by atoms with Crippen molar-refractivity contribution in [2.24, 2.45) is 0 Å². The fraction of sp³-hybridized carbons (Fsp3) is 0.174. The highest BCUT2D eigenvalue weighted by Crippen LogP contribution is 2.17. The minimum absolute atomic E-state index is 0.198. The number of hydrogen-bond acceptors (Lipinski definition) is 3. The predicted molar refractivity (Wildman–Crippen MR) is 107 cm³/mol. The molecule has 3 aromatic rings. The number of carbonyl (C=O) groups is 1. The third kappa shape index (κ3) is 5.89. The van der Waals surface area contributed by atoms with Gasteiger partial charge in [-0.05, 0) is 48.9 Å². The molecule has 3 rings (SSSR count). The van der Waals surface area contributed by atoms with Crippen LogP contribution in [0.2, 0.25) is 0 Å². The molecular weight excluding hydrogens is 338 g/mol. The minimum atomic E-state index is -0.589. The summed E-state index contributed by atoms with van der Waals surface area (Å²) in [6, 6.07) is 26.9. The number of anilines is 1. The number of amides is 1. The summed E-state index contributed by atoms with van der Waals surface area (Å²) in [6.45, 7) is 2.33. The molecule has 0 spiro atoms. The Balaban J connectivity index is 1.46. The van der Waals surface area contributed by atoms with Crippen molar-refractivity contribution in [1.82, 2.24) is 0 Å². The lowest BCUT2D eigenvalue weighted by Gasteiger charge is -2.15. The summed E-state index contributed by atoms with van der Waals surface area (Å²) in [5, 5.41) is 2.85. The first-order valence-electron chi connectivity index (χ1n) is 9.00. The highest BCUT2D eigenvalue weighted by atomic mass is 16.5. The van der Waals surface area contributed by atoms with Crippen molar-refractivity contribution in [3.63, 3.8) is 0 Å². The van der Waals surface area contributed by atoms with Crippen molar-refractivity contribution in [3.8, 4) is 11.5 Å². The van der Waals surface area contributed by atoms with Crippen LogP contribution in [-0.4, -0.2) is 18.6 Å². The van der Waals surface area contributed by atoms with Gasteiger partial charge in [-0.1, -0.05) is 48.5 Å². The zero-order valence-electron chi connectivity index (χ0n) is 15.3. The summed E-state index contributed by atoms with van der Waals surface area (Å²) >= 11 is 0. The first-order valence-corrected chi connectivity index (χ1v) is 9.00. The molecule has 3 aromatic carbocycles. The lowest BCUT2D eigenvalue weighted by atomic mass is 10.2. The second-order valence-corrected chi connectivity index (χ2v) is 6.17. The number of carbonyl (C=O) groups excluding carboxylic acids is 1. The lowest BCUT2D eigenvalue weighted by molar-refractivity contribution is -0.122. The summed E-state index contributed by atoms with van der Waals surface area (Å²) in [5.41, 5.74) is 1.95. The lowest BCUT2D eigenvalue weighted by Crippen LogP contribution is -2.30. The fourth-order valence-electron chi connectivity index (χ4n) is 2.57. The predicted octanol–water partition coefficient (Wildman–Crippen LogP) is 4.71. The number of nitrogens with one attached hydrogen (secondary N) is 1. The summed E-state index contributed by atoms with van der Waals surface area (Å²) in [6.07, 6.45) is 0.266. The second kappa shape index (κ2) is 9.43. The molecule has 0 fully saturated rings. The molecule has 0 aliphatic heterocycles. The van der Waals surface area contributed by atoms with Gasteiger partial charge in [0.25, 0.3) is 5.91 Å². The molecule has 0 saturated carbocycles. The largest absolute Gasteiger partial charge is 0.493 e. The Morgan fingerprint density at radius 3 is 2.15 bits per heavy atom. The van der Waals surface area contributed by atoms with Crippen LogP contribution in [0, 0.1) is 0 Å². The molecule has 0 unspecified atom stereocenters. The van der Waals surface area contributed by atoms with Gasteiger partial charge in [-0.3, -0.25) is 4.79 Å². The van der Waals surface area contributed by atoms with Crippen molar-refractivity contribution in [2.45, 2.75) is 19.4 Å². The highest BCUT2D eigenvalue weighted by Gasteiger charge is 2.14. The van der Waals surface area contributed by atoms with Gasteiger partial charge in [0.05, 0.1) is 6.61 Å². The molecule has 4 nitrogen and oxygen atoms in total. The molecule has 1 N–H and O–H groups in total. The maximum atomic E-state index is 12.3. The van der Waals surface area contributed by atoms with Crippen molar-refractivity contribution in [3.05, 3.63) is 90.5 Å². The van der Waals surface area contributed by atoms with Gasteiger partial charge in [-0.15, -0.1) is 0 Å². The van der Waals surface area contributed by atoms with Gasteiger partial charge in [0.2, 0.25) is 0 Å². The Morgan fingerprint density at radius 1 is 0.852 bits per heavy atom. The van der Waals surface area contributed by atoms with Gasteiger partial charge < -0.3 is 14.8 Å². The second-order valence-electron chi connectivity index (χ2n) is 6.17. The molecule has 1 amide bonds. The molecule has 0 aromatic heterocycles. The van der Waals surface area contributed by atoms with E-state index in [1.165, 1.54) is 5.56 Å². The van der Waals surface area contributed by atoms with Gasteiger partial charge in [-0.2, -0.15) is 0 Å². The Bertz CT molecular complexity index is 833. The normalized spacial score (nSPS) is 11.4. The number of ether oxygens (including phenoxy) is 2. The van der Waals surface area contributed by atoms with E-state index >= 15 is 0 Å². The molecule has 0 saturated heterocycles. The maximum absolute atomic E-state index is 12.3. The van der Waals surface area contributed by atoms with E-state index < -0.39 is 6.10 Å². The number of hydrogen-bond donors (Lipinski definition) is 1. The Labute approximate surface area is 159 Å². The average Bonchev–Trinajstić information content (AvgIpc) is 2.71. The zero-order chi connectivity index (χ0) is 18.9. The summed E-state index contributed by atoms with van der Waals surface area (Å²) in [7, 11) is 0. The van der Waals surface area contributed by atoms with Crippen LogP contribution in [0.5, 0.6) is 11.5 Å². The van der Waals surface area contributed by atoms with E-state index in [4.69, 9.17) is 9.47 Å². The Hall–Kier alpha value is -3.27. The van der Waals surface area contributed by atoms with Gasteiger partial charge in [0.15, 0.2) is 6.10 Å². The summed E-state index contributed by atoms with van der Waals surface area (Å²) < 4.78 is 11.4. The maximum Gasteiger partial charge on any atom is 0.265 e. The Morgan fingerprint density at radius 2 is 1.48 bits per heavy atom. The molecule has 0 radical (unpaired) electrons. The smallest absolute Gasteiger partial charge is 0.265 e. The van der Waals surface area contributed by atoms with Gasteiger partial charge in [0, 0.05) is 12.1 Å². The minimum Gasteiger partial charge on any atom is -0.493 e. The number of para-hydroxylation sites is 1. The number of rotatable bonds is 8. The van der Waals surface area contributed by atoms with Crippen molar-refractivity contribution in [2.75, 3.05) is 11.9 Å². The van der Waals surface area contributed by atoms with Crippen LogP contribution in [0.4, 0.5) is 5.69 Å². The quantitative estimate of drug-likeness (QED) is 0.632. The molecule has 0 heterocycles. The molecule has 27 heavy (non-hydrogen) atoms. The highest BCUT2D eigenvalue weighted by molar-refractivity contribution is 5.94. The first kappa shape index (κ1) is 18.5. The molecule has 0 aliphatic carbocycles. The zero-order valence-corrected chi connectivity index (χ0v) is 15.3.